The van der Waals surface area contributed by atoms with Crippen molar-refractivity contribution in [2.24, 2.45) is 0 Å². The van der Waals surface area contributed by atoms with Crippen LogP contribution in [0, 0.1) is 0 Å². The predicted octanol–water partition coefficient (Wildman–Crippen LogP) is 4.16. The van der Waals surface area contributed by atoms with Gasteiger partial charge in [0.2, 0.25) is 0 Å². The van der Waals surface area contributed by atoms with Crippen molar-refractivity contribution in [1.82, 2.24) is 15.0 Å². The van der Waals surface area contributed by atoms with Crippen molar-refractivity contribution in [2.45, 2.75) is 0 Å². The molecule has 0 spiro atoms. The van der Waals surface area contributed by atoms with Crippen LogP contribution in [0.15, 0.2) is 60.9 Å². The molecule has 0 aliphatic rings. The van der Waals surface area contributed by atoms with Gasteiger partial charge < -0.3 is 14.7 Å². The number of H-pyrrole nitrogens is 2. The van der Waals surface area contributed by atoms with Crippen LogP contribution in [0.3, 0.4) is 0 Å². The summed E-state index contributed by atoms with van der Waals surface area (Å²) in [4.78, 5) is 21.0. The number of rotatable bonds is 4. The van der Waals surface area contributed by atoms with E-state index in [2.05, 4.69) is 15.0 Å². The first kappa shape index (κ1) is 13.3. The first-order chi connectivity index (χ1) is 11.3. The molecule has 0 bridgehead atoms. The number of aromatic nitrogens is 3. The molecule has 2 aromatic carbocycles. The van der Waals surface area contributed by atoms with E-state index in [-0.39, 0.29) is 0 Å². The molecule has 0 saturated carbocycles. The van der Waals surface area contributed by atoms with Gasteiger partial charge in [0.05, 0.1) is 11.9 Å². The molecular weight excluding hydrogens is 290 g/mol. The molecule has 4 aromatic rings. The van der Waals surface area contributed by atoms with E-state index in [0.717, 1.165) is 28.5 Å². The second-order valence-corrected chi connectivity index (χ2v) is 5.16. The van der Waals surface area contributed by atoms with Gasteiger partial charge in [-0.2, -0.15) is 0 Å². The Morgan fingerprint density at radius 2 is 1.96 bits per heavy atom. The van der Waals surface area contributed by atoms with Crippen LogP contribution in [0.1, 0.15) is 10.5 Å². The first-order valence-electron chi connectivity index (χ1n) is 7.17. The fourth-order valence-corrected chi connectivity index (χ4v) is 2.48. The largest absolute Gasteiger partial charge is 0.457 e. The van der Waals surface area contributed by atoms with Crippen LogP contribution in [-0.4, -0.2) is 21.2 Å². The summed E-state index contributed by atoms with van der Waals surface area (Å²) in [6.07, 6.45) is 4.15. The van der Waals surface area contributed by atoms with Crippen LogP contribution in [0.4, 0.5) is 0 Å². The van der Waals surface area contributed by atoms with E-state index in [9.17, 15) is 4.79 Å². The van der Waals surface area contributed by atoms with Crippen LogP contribution in [-0.2, 0) is 0 Å². The lowest BCUT2D eigenvalue weighted by Gasteiger charge is -2.07. The highest BCUT2D eigenvalue weighted by atomic mass is 16.5. The maximum absolute atomic E-state index is 10.7. The monoisotopic (exact) mass is 303 g/mol. The van der Waals surface area contributed by atoms with Crippen LogP contribution >= 0.6 is 0 Å². The van der Waals surface area contributed by atoms with Crippen molar-refractivity contribution in [3.63, 3.8) is 0 Å². The van der Waals surface area contributed by atoms with Crippen LogP contribution < -0.4 is 4.74 Å². The topological polar surface area (TPSA) is 70.8 Å². The Morgan fingerprint density at radius 1 is 1.04 bits per heavy atom. The molecule has 2 aromatic heterocycles. The van der Waals surface area contributed by atoms with Gasteiger partial charge in [-0.05, 0) is 36.4 Å². The second-order valence-electron chi connectivity index (χ2n) is 5.16. The van der Waals surface area contributed by atoms with E-state index in [1.807, 2.05) is 54.7 Å². The van der Waals surface area contributed by atoms with Gasteiger partial charge in [0.15, 0.2) is 6.29 Å². The zero-order valence-electron chi connectivity index (χ0n) is 12.1. The van der Waals surface area contributed by atoms with Gasteiger partial charge in [-0.3, -0.25) is 4.79 Å². The Balaban J connectivity index is 1.63. The van der Waals surface area contributed by atoms with Crippen molar-refractivity contribution in [2.75, 3.05) is 0 Å². The molecule has 112 valence electrons. The average molecular weight is 303 g/mol. The van der Waals surface area contributed by atoms with E-state index in [4.69, 9.17) is 4.74 Å². The summed E-state index contributed by atoms with van der Waals surface area (Å²) in [5.74, 6) is 2.11. The fraction of sp³-hybridized carbons (Fsp3) is 0. The number of nitrogens with one attached hydrogen (secondary N) is 2. The summed E-state index contributed by atoms with van der Waals surface area (Å²) >= 11 is 0. The summed E-state index contributed by atoms with van der Waals surface area (Å²) < 4.78 is 5.93. The van der Waals surface area contributed by atoms with Gasteiger partial charge in [-0.15, -0.1) is 0 Å². The Morgan fingerprint density at radius 3 is 2.83 bits per heavy atom. The van der Waals surface area contributed by atoms with E-state index in [1.54, 1.807) is 0 Å². The SMILES string of the molecule is O=Cc1cnc(-c2cccc(Oc3ccc4[nH]ccc4c3)c2)[nH]1. The minimum absolute atomic E-state index is 0.448. The van der Waals surface area contributed by atoms with E-state index < -0.39 is 0 Å². The van der Waals surface area contributed by atoms with Crippen LogP contribution in [0.25, 0.3) is 22.3 Å². The second kappa shape index (κ2) is 5.46. The van der Waals surface area contributed by atoms with E-state index in [1.165, 1.54) is 6.20 Å². The van der Waals surface area contributed by atoms with Crippen LogP contribution in [0.5, 0.6) is 11.5 Å². The first-order valence-corrected chi connectivity index (χ1v) is 7.17. The van der Waals surface area contributed by atoms with Gasteiger partial charge in [-0.1, -0.05) is 12.1 Å². The Labute approximate surface area is 132 Å². The molecule has 0 unspecified atom stereocenters. The highest BCUT2D eigenvalue weighted by Gasteiger charge is 2.06. The van der Waals surface area contributed by atoms with Gasteiger partial charge in [0, 0.05) is 22.7 Å². The number of hydrogen-bond donors (Lipinski definition) is 2. The summed E-state index contributed by atoms with van der Waals surface area (Å²) in [6.45, 7) is 0. The average Bonchev–Trinajstić information content (AvgIpc) is 3.24. The zero-order valence-corrected chi connectivity index (χ0v) is 12.1. The van der Waals surface area contributed by atoms with Crippen molar-refractivity contribution in [3.05, 3.63) is 66.6 Å². The number of nitrogens with zero attached hydrogens (tertiary/aromatic N) is 1. The Bertz CT molecular complexity index is 985. The molecule has 0 amide bonds. The number of aromatic amines is 2. The quantitative estimate of drug-likeness (QED) is 0.556. The molecule has 2 heterocycles. The number of imidazole rings is 1. The van der Waals surface area contributed by atoms with Crippen molar-refractivity contribution < 1.29 is 9.53 Å². The number of benzene rings is 2. The van der Waals surface area contributed by atoms with Gasteiger partial charge in [-0.25, -0.2) is 4.98 Å². The smallest absolute Gasteiger partial charge is 0.167 e. The number of carbonyl (C=O) groups excluding carboxylic acids is 1. The molecule has 4 rings (SSSR count). The van der Waals surface area contributed by atoms with Crippen LogP contribution in [0.2, 0.25) is 0 Å². The molecule has 0 aliphatic heterocycles. The molecule has 0 aliphatic carbocycles. The zero-order chi connectivity index (χ0) is 15.6. The van der Waals surface area contributed by atoms with Gasteiger partial charge >= 0.3 is 0 Å². The summed E-state index contributed by atoms with van der Waals surface area (Å²) in [6, 6.07) is 15.5. The number of fused-ring (bicyclic) bond motifs is 1. The standard InChI is InChI=1S/C18H13N3O2/c22-11-14-10-20-18(21-14)13-2-1-3-15(9-13)23-16-4-5-17-12(8-16)6-7-19-17/h1-11,19H,(H,20,21). The maximum atomic E-state index is 10.7. The number of ether oxygens (including phenoxy) is 1. The lowest BCUT2D eigenvalue weighted by atomic mass is 10.2. The third kappa shape index (κ3) is 2.60. The van der Waals surface area contributed by atoms with Crippen molar-refractivity contribution in [3.8, 4) is 22.9 Å². The predicted molar refractivity (Wildman–Crippen MR) is 87.8 cm³/mol. The number of aldehydes is 1. The number of carbonyl (C=O) groups is 1. The van der Waals surface area contributed by atoms with E-state index in [0.29, 0.717) is 17.3 Å². The summed E-state index contributed by atoms with van der Waals surface area (Å²) in [5, 5.41) is 1.10. The molecule has 5 heteroatoms. The molecule has 0 saturated heterocycles. The molecule has 5 nitrogen and oxygen atoms in total. The Hall–Kier alpha value is -3.34. The molecule has 2 N–H and O–H groups in total. The molecular formula is C18H13N3O2. The third-order valence-corrected chi connectivity index (χ3v) is 3.59. The molecule has 23 heavy (non-hydrogen) atoms. The van der Waals surface area contributed by atoms with E-state index >= 15 is 0 Å². The minimum Gasteiger partial charge on any atom is -0.457 e. The lowest BCUT2D eigenvalue weighted by Crippen LogP contribution is -1.86. The highest BCUT2D eigenvalue weighted by Crippen LogP contribution is 2.28. The minimum atomic E-state index is 0.448. The van der Waals surface area contributed by atoms with Gasteiger partial charge in [0.25, 0.3) is 0 Å². The molecule has 0 atom stereocenters. The normalized spacial score (nSPS) is 10.8. The molecule has 0 radical (unpaired) electrons. The third-order valence-electron chi connectivity index (χ3n) is 3.59. The van der Waals surface area contributed by atoms with Gasteiger partial charge in [0.1, 0.15) is 17.3 Å². The lowest BCUT2D eigenvalue weighted by molar-refractivity contribution is 0.111. The van der Waals surface area contributed by atoms with Crippen molar-refractivity contribution in [1.29, 1.82) is 0 Å². The fourth-order valence-electron chi connectivity index (χ4n) is 2.48. The summed E-state index contributed by atoms with van der Waals surface area (Å²) in [7, 11) is 0. The molecule has 0 fully saturated rings. The maximum Gasteiger partial charge on any atom is 0.167 e. The summed E-state index contributed by atoms with van der Waals surface area (Å²) in [5.41, 5.74) is 2.38. The van der Waals surface area contributed by atoms with Crippen molar-refractivity contribution >= 4 is 17.2 Å². The Kier molecular flexibility index (Phi) is 3.16. The number of hydrogen-bond acceptors (Lipinski definition) is 3. The highest BCUT2D eigenvalue weighted by molar-refractivity contribution is 5.80.